The molecule has 9 heteroatoms. The van der Waals surface area contributed by atoms with E-state index < -0.39 is 17.9 Å². The maximum absolute atomic E-state index is 13.1. The molecule has 1 fully saturated rings. The summed E-state index contributed by atoms with van der Waals surface area (Å²) in [5.41, 5.74) is 3.15. The zero-order chi connectivity index (χ0) is 23.7. The molecule has 0 saturated carbocycles. The zero-order valence-electron chi connectivity index (χ0n) is 17.7. The van der Waals surface area contributed by atoms with Crippen LogP contribution in [0.2, 0.25) is 0 Å². The Labute approximate surface area is 205 Å². The van der Waals surface area contributed by atoms with E-state index >= 15 is 0 Å². The number of thiocarbonyl (C=S) groups is 1. The van der Waals surface area contributed by atoms with Gasteiger partial charge in [-0.05, 0) is 41.5 Å². The summed E-state index contributed by atoms with van der Waals surface area (Å²) in [7, 11) is 0. The van der Waals surface area contributed by atoms with E-state index in [1.807, 2.05) is 60.7 Å². The van der Waals surface area contributed by atoms with Crippen LogP contribution >= 0.6 is 24.0 Å². The summed E-state index contributed by atoms with van der Waals surface area (Å²) in [6.45, 7) is 0.206. The molecule has 3 heterocycles. The van der Waals surface area contributed by atoms with E-state index in [1.54, 1.807) is 12.3 Å². The number of nitrogens with zero attached hydrogens (tertiary/aromatic N) is 2. The van der Waals surface area contributed by atoms with Crippen molar-refractivity contribution in [3.05, 3.63) is 82.9 Å². The Balaban J connectivity index is 1.35. The number of thioether (sulfide) groups is 1. The first-order chi connectivity index (χ1) is 16.5. The van der Waals surface area contributed by atoms with Crippen molar-refractivity contribution in [1.82, 2.24) is 9.88 Å². The molecule has 5 rings (SSSR count). The number of hydrogen-bond acceptors (Lipinski definition) is 7. The lowest BCUT2D eigenvalue weighted by atomic mass is 10.0. The minimum atomic E-state index is -1.10. The molecule has 1 saturated heterocycles. The first-order valence-electron chi connectivity index (χ1n) is 10.4. The first-order valence-corrected chi connectivity index (χ1v) is 11.6. The number of aromatic nitrogens is 1. The fourth-order valence-corrected chi connectivity index (χ4v) is 5.10. The zero-order valence-corrected chi connectivity index (χ0v) is 19.3. The van der Waals surface area contributed by atoms with Gasteiger partial charge in [-0.1, -0.05) is 60.4 Å². The van der Waals surface area contributed by atoms with Gasteiger partial charge in [0.25, 0.3) is 5.91 Å². The Morgan fingerprint density at radius 2 is 1.94 bits per heavy atom. The molecule has 0 bridgehead atoms. The molecule has 1 amide bonds. The molecular formula is C25H18N2O5S2. The minimum absolute atomic E-state index is 0.168. The van der Waals surface area contributed by atoms with Crippen molar-refractivity contribution >= 4 is 46.3 Å². The molecule has 2 aliphatic heterocycles. The number of aliphatic carboxylic acids is 1. The van der Waals surface area contributed by atoms with Gasteiger partial charge >= 0.3 is 5.97 Å². The van der Waals surface area contributed by atoms with Gasteiger partial charge in [0.2, 0.25) is 6.79 Å². The number of carboxylic acid groups (broad SMARTS) is 1. The van der Waals surface area contributed by atoms with E-state index in [9.17, 15) is 14.7 Å². The van der Waals surface area contributed by atoms with E-state index in [2.05, 4.69) is 4.98 Å². The maximum Gasteiger partial charge on any atom is 0.327 e. The number of ether oxygens (including phenoxy) is 2. The summed E-state index contributed by atoms with van der Waals surface area (Å²) in [5.74, 6) is -0.140. The number of carboxylic acids is 1. The molecule has 1 aromatic heterocycles. The summed E-state index contributed by atoms with van der Waals surface area (Å²) in [5, 5.41) is 9.79. The van der Waals surface area contributed by atoms with Crippen LogP contribution < -0.4 is 9.47 Å². The van der Waals surface area contributed by atoms with E-state index in [4.69, 9.17) is 21.7 Å². The highest BCUT2D eigenvalue weighted by Gasteiger charge is 2.40. The Hall–Kier alpha value is -3.69. The average molecular weight is 491 g/mol. The third kappa shape index (κ3) is 4.40. The molecule has 0 radical (unpaired) electrons. The number of fused-ring (bicyclic) bond motifs is 1. The van der Waals surface area contributed by atoms with Crippen molar-refractivity contribution in [1.29, 1.82) is 0 Å². The molecule has 34 heavy (non-hydrogen) atoms. The SMILES string of the molecule is O=C(O)[C@H](Cc1ccccc1)N1C(=O)/C(=C/c2ccc(-c3ccc4c(c3)OCO4)nc2)SC1=S. The van der Waals surface area contributed by atoms with Gasteiger partial charge in [0, 0.05) is 18.2 Å². The number of amides is 1. The molecule has 0 aliphatic carbocycles. The third-order valence-corrected chi connectivity index (χ3v) is 6.78. The molecule has 1 atom stereocenters. The molecule has 1 N–H and O–H groups in total. The molecule has 0 spiro atoms. The molecular weight excluding hydrogens is 472 g/mol. The number of benzene rings is 2. The van der Waals surface area contributed by atoms with E-state index in [0.29, 0.717) is 22.0 Å². The molecule has 7 nitrogen and oxygen atoms in total. The van der Waals surface area contributed by atoms with Gasteiger partial charge in [-0.2, -0.15) is 0 Å². The summed E-state index contributed by atoms with van der Waals surface area (Å²) < 4.78 is 11.0. The standard InChI is InChI=1S/C25H18N2O5S2/c28-23-22(34-25(33)27(23)19(24(29)30)10-15-4-2-1-3-5-15)11-16-6-8-18(26-13-16)17-7-9-20-21(12-17)32-14-31-20/h1-9,11-13,19H,10,14H2,(H,29,30)/b22-11-/t19-/m0/s1. The van der Waals surface area contributed by atoms with Crippen LogP contribution in [0.15, 0.2) is 71.8 Å². The fourth-order valence-electron chi connectivity index (χ4n) is 3.74. The van der Waals surface area contributed by atoms with Crippen LogP contribution in [0.4, 0.5) is 0 Å². The summed E-state index contributed by atoms with van der Waals surface area (Å²) in [6.07, 6.45) is 3.50. The first kappa shape index (κ1) is 22.1. The second-order valence-corrected chi connectivity index (χ2v) is 9.32. The van der Waals surface area contributed by atoms with Gasteiger partial charge in [-0.15, -0.1) is 0 Å². The van der Waals surface area contributed by atoms with Crippen LogP contribution in [0.5, 0.6) is 11.5 Å². The van der Waals surface area contributed by atoms with Crippen LogP contribution in [0.1, 0.15) is 11.1 Å². The number of pyridine rings is 1. The quantitative estimate of drug-likeness (QED) is 0.402. The predicted molar refractivity (Wildman–Crippen MR) is 132 cm³/mol. The topological polar surface area (TPSA) is 89.0 Å². The van der Waals surface area contributed by atoms with Crippen LogP contribution in [0.3, 0.4) is 0 Å². The van der Waals surface area contributed by atoms with Crippen LogP contribution in [0, 0.1) is 0 Å². The Morgan fingerprint density at radius 3 is 2.68 bits per heavy atom. The largest absolute Gasteiger partial charge is 0.480 e. The van der Waals surface area contributed by atoms with Gasteiger partial charge < -0.3 is 14.6 Å². The lowest BCUT2D eigenvalue weighted by molar-refractivity contribution is -0.145. The van der Waals surface area contributed by atoms with Gasteiger partial charge in [-0.3, -0.25) is 14.7 Å². The van der Waals surface area contributed by atoms with Crippen molar-refractivity contribution in [3.8, 4) is 22.8 Å². The fraction of sp³-hybridized carbons (Fsp3) is 0.120. The highest BCUT2D eigenvalue weighted by molar-refractivity contribution is 8.26. The second kappa shape index (κ2) is 9.28. The lowest BCUT2D eigenvalue weighted by Crippen LogP contribution is -2.45. The molecule has 2 aromatic carbocycles. The Bertz CT molecular complexity index is 1310. The van der Waals surface area contributed by atoms with Gasteiger partial charge in [0.1, 0.15) is 10.4 Å². The smallest absolute Gasteiger partial charge is 0.327 e. The normalized spacial score (nSPS) is 16.8. The molecule has 3 aromatic rings. The number of rotatable bonds is 6. The van der Waals surface area contributed by atoms with Crippen LogP contribution in [-0.4, -0.2) is 44.0 Å². The van der Waals surface area contributed by atoms with Crippen molar-refractivity contribution in [2.24, 2.45) is 0 Å². The van der Waals surface area contributed by atoms with Gasteiger partial charge in [0.05, 0.1) is 10.6 Å². The maximum atomic E-state index is 13.1. The molecule has 2 aliphatic rings. The van der Waals surface area contributed by atoms with Crippen LogP contribution in [0.25, 0.3) is 17.3 Å². The van der Waals surface area contributed by atoms with Crippen molar-refractivity contribution in [2.75, 3.05) is 6.79 Å². The van der Waals surface area contributed by atoms with E-state index in [0.717, 1.165) is 28.6 Å². The summed E-state index contributed by atoms with van der Waals surface area (Å²) in [4.78, 5) is 31.1. The summed E-state index contributed by atoms with van der Waals surface area (Å²) in [6, 6.07) is 17.4. The highest BCUT2D eigenvalue weighted by Crippen LogP contribution is 2.36. The Kier molecular flexibility index (Phi) is 6.04. The lowest BCUT2D eigenvalue weighted by Gasteiger charge is -2.23. The van der Waals surface area contributed by atoms with Crippen molar-refractivity contribution < 1.29 is 24.2 Å². The number of carbonyl (C=O) groups is 2. The molecule has 0 unspecified atom stereocenters. The minimum Gasteiger partial charge on any atom is -0.480 e. The predicted octanol–water partition coefficient (Wildman–Crippen LogP) is 4.37. The van der Waals surface area contributed by atoms with Gasteiger partial charge in [-0.25, -0.2) is 4.79 Å². The van der Waals surface area contributed by atoms with Crippen molar-refractivity contribution in [2.45, 2.75) is 12.5 Å². The third-order valence-electron chi connectivity index (χ3n) is 5.44. The van der Waals surface area contributed by atoms with E-state index in [-0.39, 0.29) is 17.5 Å². The van der Waals surface area contributed by atoms with Crippen molar-refractivity contribution in [3.63, 3.8) is 0 Å². The number of hydrogen-bond donors (Lipinski definition) is 1. The Morgan fingerprint density at radius 1 is 1.15 bits per heavy atom. The van der Waals surface area contributed by atoms with Crippen LogP contribution in [-0.2, 0) is 16.0 Å². The number of carbonyl (C=O) groups excluding carboxylic acids is 1. The monoisotopic (exact) mass is 490 g/mol. The molecule has 170 valence electrons. The summed E-state index contributed by atoms with van der Waals surface area (Å²) >= 11 is 6.47. The van der Waals surface area contributed by atoms with E-state index in [1.165, 1.54) is 4.90 Å². The highest BCUT2D eigenvalue weighted by atomic mass is 32.2. The van der Waals surface area contributed by atoms with Gasteiger partial charge in [0.15, 0.2) is 11.5 Å². The average Bonchev–Trinajstić information content (AvgIpc) is 3.42. The second-order valence-electron chi connectivity index (χ2n) is 7.64.